The van der Waals surface area contributed by atoms with E-state index >= 15 is 0 Å². The molecule has 2 aliphatic heterocycles. The third-order valence-corrected chi connectivity index (χ3v) is 7.95. The number of carbonyl (C=O) groups excluding carboxylic acids is 2. The number of aryl methyl sites for hydroxylation is 1. The maximum atomic E-state index is 13.0. The van der Waals surface area contributed by atoms with Gasteiger partial charge in [0.1, 0.15) is 12.4 Å². The fraction of sp³-hybridized carbons (Fsp3) is 0.429. The Balaban J connectivity index is 1.52. The summed E-state index contributed by atoms with van der Waals surface area (Å²) in [6.45, 7) is 12.4. The molecule has 2 aliphatic rings. The van der Waals surface area contributed by atoms with Crippen molar-refractivity contribution in [2.24, 2.45) is 0 Å². The first kappa shape index (κ1) is 25.6. The molecule has 0 saturated carbocycles. The summed E-state index contributed by atoms with van der Waals surface area (Å²) in [5, 5.41) is 0.302. The summed E-state index contributed by atoms with van der Waals surface area (Å²) >= 11 is 7.67. The van der Waals surface area contributed by atoms with E-state index in [1.807, 2.05) is 37.3 Å². The lowest BCUT2D eigenvalue weighted by molar-refractivity contribution is -0.123. The Bertz CT molecular complexity index is 1160. The highest BCUT2D eigenvalue weighted by Crippen LogP contribution is 2.46. The molecule has 1 fully saturated rings. The largest absolute Gasteiger partial charge is 0.492 e. The number of benzene rings is 2. The van der Waals surface area contributed by atoms with Crippen molar-refractivity contribution in [2.75, 3.05) is 24.6 Å². The van der Waals surface area contributed by atoms with Gasteiger partial charge in [-0.15, -0.1) is 0 Å². The van der Waals surface area contributed by atoms with Crippen molar-refractivity contribution in [1.82, 2.24) is 4.90 Å². The molecule has 4 rings (SSSR count). The number of hydrogen-bond acceptors (Lipinski definition) is 5. The highest BCUT2D eigenvalue weighted by molar-refractivity contribution is 8.18. The van der Waals surface area contributed by atoms with E-state index in [1.54, 1.807) is 6.08 Å². The molecule has 1 unspecified atom stereocenters. The van der Waals surface area contributed by atoms with Crippen molar-refractivity contribution in [2.45, 2.75) is 58.9 Å². The molecular weight excluding hydrogens is 480 g/mol. The zero-order valence-electron chi connectivity index (χ0n) is 21.1. The molecule has 35 heavy (non-hydrogen) atoms. The molecule has 2 amide bonds. The monoisotopic (exact) mass is 512 g/mol. The summed E-state index contributed by atoms with van der Waals surface area (Å²) in [7, 11) is 0. The van der Waals surface area contributed by atoms with E-state index < -0.39 is 0 Å². The number of fused-ring (bicyclic) bond motifs is 1. The Morgan fingerprint density at radius 1 is 1.17 bits per heavy atom. The minimum Gasteiger partial charge on any atom is -0.492 e. The van der Waals surface area contributed by atoms with Crippen LogP contribution in [0.3, 0.4) is 0 Å². The van der Waals surface area contributed by atoms with Crippen LogP contribution >= 0.6 is 23.4 Å². The average molecular weight is 513 g/mol. The fourth-order valence-electron chi connectivity index (χ4n) is 5.00. The SMILES string of the molecule is CCCN1c2cc(Cl)c(/C=C3/SC(=O)N(CCOc4ccc(C)cc4)C3=O)cc2C(C)CC1(C)C. The predicted molar refractivity (Wildman–Crippen MR) is 146 cm³/mol. The van der Waals surface area contributed by atoms with Crippen LogP contribution in [0.25, 0.3) is 6.08 Å². The molecule has 1 atom stereocenters. The lowest BCUT2D eigenvalue weighted by Crippen LogP contribution is -2.48. The molecule has 2 heterocycles. The second-order valence-electron chi connectivity index (χ2n) is 10.00. The summed E-state index contributed by atoms with van der Waals surface area (Å²) in [5.74, 6) is 0.781. The summed E-state index contributed by atoms with van der Waals surface area (Å²) in [6, 6.07) is 11.8. The van der Waals surface area contributed by atoms with Crippen molar-refractivity contribution >= 4 is 46.3 Å². The summed E-state index contributed by atoms with van der Waals surface area (Å²) < 4.78 is 5.71. The number of carbonyl (C=O) groups is 2. The minimum atomic E-state index is -0.303. The van der Waals surface area contributed by atoms with Crippen LogP contribution in [-0.2, 0) is 4.79 Å². The van der Waals surface area contributed by atoms with Gasteiger partial charge in [0.2, 0.25) is 0 Å². The first-order valence-electron chi connectivity index (χ1n) is 12.2. The van der Waals surface area contributed by atoms with E-state index in [2.05, 4.69) is 38.7 Å². The average Bonchev–Trinajstić information content (AvgIpc) is 3.06. The van der Waals surface area contributed by atoms with Gasteiger partial charge in [-0.2, -0.15) is 0 Å². The maximum absolute atomic E-state index is 13.0. The normalized spacial score (nSPS) is 20.5. The van der Waals surface area contributed by atoms with Gasteiger partial charge in [-0.25, -0.2) is 0 Å². The number of imide groups is 1. The molecule has 0 N–H and O–H groups in total. The number of anilines is 1. The number of hydrogen-bond donors (Lipinski definition) is 0. The van der Waals surface area contributed by atoms with Crippen LogP contribution in [0, 0.1) is 6.92 Å². The topological polar surface area (TPSA) is 49.9 Å². The van der Waals surface area contributed by atoms with Crippen LogP contribution in [0.4, 0.5) is 10.5 Å². The lowest BCUT2D eigenvalue weighted by atomic mass is 9.79. The fourth-order valence-corrected chi connectivity index (χ4v) is 6.07. The van der Waals surface area contributed by atoms with Crippen LogP contribution in [0.2, 0.25) is 5.02 Å². The minimum absolute atomic E-state index is 0.0522. The van der Waals surface area contributed by atoms with Gasteiger partial charge in [0, 0.05) is 22.8 Å². The Hall–Kier alpha value is -2.44. The van der Waals surface area contributed by atoms with Crippen LogP contribution < -0.4 is 9.64 Å². The second kappa shape index (κ2) is 10.3. The van der Waals surface area contributed by atoms with Gasteiger partial charge in [0.05, 0.1) is 11.4 Å². The van der Waals surface area contributed by atoms with Gasteiger partial charge in [-0.3, -0.25) is 14.5 Å². The quantitative estimate of drug-likeness (QED) is 0.365. The van der Waals surface area contributed by atoms with Gasteiger partial charge in [-0.05, 0) is 92.8 Å². The Labute approximate surface area is 217 Å². The third-order valence-electron chi connectivity index (χ3n) is 6.72. The van der Waals surface area contributed by atoms with Crippen LogP contribution in [-0.4, -0.2) is 41.3 Å². The van der Waals surface area contributed by atoms with Gasteiger partial charge < -0.3 is 9.64 Å². The van der Waals surface area contributed by atoms with E-state index in [9.17, 15) is 9.59 Å². The second-order valence-corrected chi connectivity index (χ2v) is 11.4. The summed E-state index contributed by atoms with van der Waals surface area (Å²) in [4.78, 5) is 29.6. The first-order valence-corrected chi connectivity index (χ1v) is 13.4. The summed E-state index contributed by atoms with van der Waals surface area (Å²) in [6.07, 6.45) is 3.85. The standard InChI is InChI=1S/C28H33ClN2O3S/c1-6-11-31-24-16-23(29)20(14-22(24)19(3)17-28(31,4)5)15-25-26(32)30(27(33)35-25)12-13-34-21-9-7-18(2)8-10-21/h7-10,14-16,19H,6,11-13,17H2,1-5H3/b25-15+. The smallest absolute Gasteiger partial charge is 0.293 e. The molecular formula is C28H33ClN2O3S. The Morgan fingerprint density at radius 3 is 2.57 bits per heavy atom. The van der Waals surface area contributed by atoms with Crippen molar-refractivity contribution in [3.63, 3.8) is 0 Å². The summed E-state index contributed by atoms with van der Waals surface area (Å²) in [5.41, 5.74) is 4.37. The van der Waals surface area contributed by atoms with Gasteiger partial charge >= 0.3 is 0 Å². The maximum Gasteiger partial charge on any atom is 0.293 e. The van der Waals surface area contributed by atoms with Gasteiger partial charge in [0.15, 0.2) is 0 Å². The van der Waals surface area contributed by atoms with E-state index in [4.69, 9.17) is 16.3 Å². The predicted octanol–water partition coefficient (Wildman–Crippen LogP) is 7.27. The van der Waals surface area contributed by atoms with Crippen LogP contribution in [0.15, 0.2) is 41.3 Å². The van der Waals surface area contributed by atoms with Crippen LogP contribution in [0.1, 0.15) is 63.1 Å². The molecule has 186 valence electrons. The van der Waals surface area contributed by atoms with Crippen molar-refractivity contribution < 1.29 is 14.3 Å². The number of thioether (sulfide) groups is 1. The highest BCUT2D eigenvalue weighted by atomic mass is 35.5. The molecule has 0 aromatic heterocycles. The third kappa shape index (κ3) is 5.39. The highest BCUT2D eigenvalue weighted by Gasteiger charge is 2.37. The van der Waals surface area contributed by atoms with E-state index in [0.717, 1.165) is 42.3 Å². The number of rotatable bonds is 7. The van der Waals surface area contributed by atoms with Crippen molar-refractivity contribution in [3.8, 4) is 5.75 Å². The van der Waals surface area contributed by atoms with E-state index in [-0.39, 0.29) is 29.8 Å². The zero-order chi connectivity index (χ0) is 25.3. The van der Waals surface area contributed by atoms with Gasteiger partial charge in [0.25, 0.3) is 11.1 Å². The van der Waals surface area contributed by atoms with E-state index in [1.165, 1.54) is 16.2 Å². The molecule has 0 spiro atoms. The Morgan fingerprint density at radius 2 is 1.89 bits per heavy atom. The van der Waals surface area contributed by atoms with Crippen LogP contribution in [0.5, 0.6) is 5.75 Å². The lowest BCUT2D eigenvalue weighted by Gasteiger charge is -2.47. The molecule has 7 heteroatoms. The first-order chi connectivity index (χ1) is 16.6. The van der Waals surface area contributed by atoms with E-state index in [0.29, 0.717) is 21.6 Å². The number of ether oxygens (including phenoxy) is 1. The molecule has 1 saturated heterocycles. The number of amides is 2. The molecule has 2 aromatic carbocycles. The van der Waals surface area contributed by atoms with Crippen molar-refractivity contribution in [3.05, 3.63) is 63.0 Å². The Kier molecular flexibility index (Phi) is 7.53. The molecule has 0 aliphatic carbocycles. The van der Waals surface area contributed by atoms with Crippen molar-refractivity contribution in [1.29, 1.82) is 0 Å². The zero-order valence-corrected chi connectivity index (χ0v) is 22.6. The molecule has 0 bridgehead atoms. The molecule has 2 aromatic rings. The molecule has 0 radical (unpaired) electrons. The number of nitrogens with zero attached hydrogens (tertiary/aromatic N) is 2. The molecule has 5 nitrogen and oxygen atoms in total. The van der Waals surface area contributed by atoms with Gasteiger partial charge in [-0.1, -0.05) is 43.1 Å². The number of halogens is 1.